The second kappa shape index (κ2) is 5.07. The fourth-order valence-electron chi connectivity index (χ4n) is 2.30. The number of hydrogen-bond donors (Lipinski definition) is 1. The molecular formula is C15H16FN3O. The fourth-order valence-corrected chi connectivity index (χ4v) is 2.30. The van der Waals surface area contributed by atoms with Gasteiger partial charge in [-0.15, -0.1) is 0 Å². The molecule has 1 aromatic heterocycles. The van der Waals surface area contributed by atoms with Crippen molar-refractivity contribution in [1.29, 1.82) is 0 Å². The lowest BCUT2D eigenvalue weighted by Gasteiger charge is -2.09. The topological polar surface area (TPSA) is 47.0 Å². The molecule has 2 aromatic rings. The summed E-state index contributed by atoms with van der Waals surface area (Å²) in [6.45, 7) is 4.89. The van der Waals surface area contributed by atoms with Crippen molar-refractivity contribution in [3.8, 4) is 17.1 Å². The number of benzene rings is 1. The van der Waals surface area contributed by atoms with Crippen LogP contribution in [0.2, 0.25) is 0 Å². The van der Waals surface area contributed by atoms with Crippen molar-refractivity contribution >= 4 is 5.82 Å². The lowest BCUT2D eigenvalue weighted by Crippen LogP contribution is -2.06. The van der Waals surface area contributed by atoms with E-state index in [-0.39, 0.29) is 11.6 Å². The molecule has 0 fully saturated rings. The zero-order chi connectivity index (χ0) is 14.1. The van der Waals surface area contributed by atoms with Crippen LogP contribution in [-0.2, 0) is 6.42 Å². The van der Waals surface area contributed by atoms with Gasteiger partial charge >= 0.3 is 0 Å². The van der Waals surface area contributed by atoms with Gasteiger partial charge in [-0.25, -0.2) is 14.4 Å². The van der Waals surface area contributed by atoms with Crippen molar-refractivity contribution in [2.24, 2.45) is 0 Å². The second-order valence-electron chi connectivity index (χ2n) is 4.75. The molecule has 2 heterocycles. The third-order valence-electron chi connectivity index (χ3n) is 3.31. The molecule has 4 nitrogen and oxygen atoms in total. The number of halogens is 1. The largest absolute Gasteiger partial charge is 0.493 e. The molecule has 0 aliphatic carbocycles. The zero-order valence-corrected chi connectivity index (χ0v) is 11.5. The first-order valence-electron chi connectivity index (χ1n) is 6.73. The Kier molecular flexibility index (Phi) is 3.26. The van der Waals surface area contributed by atoms with E-state index >= 15 is 0 Å². The number of anilines is 1. The highest BCUT2D eigenvalue weighted by Gasteiger charge is 2.16. The molecule has 0 saturated heterocycles. The number of fused-ring (bicyclic) bond motifs is 1. The Morgan fingerprint density at radius 3 is 3.00 bits per heavy atom. The molecule has 1 aliphatic rings. The van der Waals surface area contributed by atoms with Crippen molar-refractivity contribution in [3.63, 3.8) is 0 Å². The van der Waals surface area contributed by atoms with Crippen molar-refractivity contribution in [1.82, 2.24) is 9.97 Å². The summed E-state index contributed by atoms with van der Waals surface area (Å²) in [4.78, 5) is 8.52. The standard InChI is InChI=1S/C15H16FN3O/c1-3-17-15-13(16)9(2)18-14(19-15)11-4-5-12-10(8-11)6-7-20-12/h4-5,8H,3,6-7H2,1-2H3,(H,17,18,19). The van der Waals surface area contributed by atoms with Crippen LogP contribution in [0, 0.1) is 12.7 Å². The van der Waals surface area contributed by atoms with Crippen LogP contribution in [0.25, 0.3) is 11.4 Å². The number of nitrogens with one attached hydrogen (secondary N) is 1. The quantitative estimate of drug-likeness (QED) is 0.934. The van der Waals surface area contributed by atoms with Crippen molar-refractivity contribution in [2.45, 2.75) is 20.3 Å². The summed E-state index contributed by atoms with van der Waals surface area (Å²) in [6.07, 6.45) is 0.892. The second-order valence-corrected chi connectivity index (χ2v) is 4.75. The van der Waals surface area contributed by atoms with Gasteiger partial charge in [0.2, 0.25) is 0 Å². The molecule has 0 amide bonds. The highest BCUT2D eigenvalue weighted by atomic mass is 19.1. The summed E-state index contributed by atoms with van der Waals surface area (Å²) in [6, 6.07) is 5.85. The molecule has 0 spiro atoms. The number of ether oxygens (including phenoxy) is 1. The molecule has 0 atom stereocenters. The fraction of sp³-hybridized carbons (Fsp3) is 0.333. The average Bonchev–Trinajstić information content (AvgIpc) is 2.91. The molecular weight excluding hydrogens is 257 g/mol. The monoisotopic (exact) mass is 273 g/mol. The van der Waals surface area contributed by atoms with E-state index < -0.39 is 0 Å². The predicted molar refractivity (Wildman–Crippen MR) is 75.5 cm³/mol. The van der Waals surface area contributed by atoms with Crippen molar-refractivity contribution < 1.29 is 9.13 Å². The summed E-state index contributed by atoms with van der Waals surface area (Å²) in [5.74, 6) is 1.32. The van der Waals surface area contributed by atoms with Crippen LogP contribution in [-0.4, -0.2) is 23.1 Å². The minimum Gasteiger partial charge on any atom is -0.493 e. The Hall–Kier alpha value is -2.17. The first kappa shape index (κ1) is 12.8. The molecule has 3 rings (SSSR count). The van der Waals surface area contributed by atoms with Crippen LogP contribution in [0.1, 0.15) is 18.2 Å². The molecule has 104 valence electrons. The Morgan fingerprint density at radius 2 is 2.20 bits per heavy atom. The highest BCUT2D eigenvalue weighted by molar-refractivity contribution is 5.61. The van der Waals surface area contributed by atoms with Crippen LogP contribution >= 0.6 is 0 Å². The van der Waals surface area contributed by atoms with Gasteiger partial charge in [-0.3, -0.25) is 0 Å². The maximum absolute atomic E-state index is 13.9. The molecule has 0 bridgehead atoms. The first-order chi connectivity index (χ1) is 9.69. The Labute approximate surface area is 117 Å². The summed E-state index contributed by atoms with van der Waals surface area (Å²) in [5, 5.41) is 2.93. The molecule has 1 N–H and O–H groups in total. The highest BCUT2D eigenvalue weighted by Crippen LogP contribution is 2.30. The van der Waals surface area contributed by atoms with Crippen molar-refractivity contribution in [3.05, 3.63) is 35.3 Å². The Balaban J connectivity index is 2.05. The zero-order valence-electron chi connectivity index (χ0n) is 11.5. The lowest BCUT2D eigenvalue weighted by atomic mass is 10.1. The van der Waals surface area contributed by atoms with Crippen molar-refractivity contribution in [2.75, 3.05) is 18.5 Å². The van der Waals surface area contributed by atoms with E-state index in [1.165, 1.54) is 0 Å². The molecule has 0 unspecified atom stereocenters. The Bertz CT molecular complexity index is 658. The van der Waals surface area contributed by atoms with E-state index in [1.807, 2.05) is 25.1 Å². The van der Waals surface area contributed by atoms with E-state index in [4.69, 9.17) is 4.74 Å². The van der Waals surface area contributed by atoms with Crippen LogP contribution in [0.15, 0.2) is 18.2 Å². The Morgan fingerprint density at radius 1 is 1.35 bits per heavy atom. The molecule has 0 radical (unpaired) electrons. The van der Waals surface area contributed by atoms with E-state index in [2.05, 4.69) is 15.3 Å². The maximum Gasteiger partial charge on any atom is 0.186 e. The summed E-state index contributed by atoms with van der Waals surface area (Å²) in [5.41, 5.74) is 2.39. The van der Waals surface area contributed by atoms with Crippen LogP contribution in [0.4, 0.5) is 10.2 Å². The van der Waals surface area contributed by atoms with Crippen LogP contribution in [0.3, 0.4) is 0 Å². The van der Waals surface area contributed by atoms with E-state index in [1.54, 1.807) is 6.92 Å². The average molecular weight is 273 g/mol. The number of hydrogen-bond acceptors (Lipinski definition) is 4. The van der Waals surface area contributed by atoms with E-state index in [9.17, 15) is 4.39 Å². The summed E-state index contributed by atoms with van der Waals surface area (Å²) < 4.78 is 19.4. The number of aromatic nitrogens is 2. The van der Waals surface area contributed by atoms with Gasteiger partial charge in [-0.2, -0.15) is 0 Å². The predicted octanol–water partition coefficient (Wildman–Crippen LogP) is 2.96. The maximum atomic E-state index is 13.9. The van der Waals surface area contributed by atoms with Gasteiger partial charge in [-0.05, 0) is 37.6 Å². The van der Waals surface area contributed by atoms with Gasteiger partial charge in [0.15, 0.2) is 17.5 Å². The van der Waals surface area contributed by atoms with E-state index in [0.717, 1.165) is 23.3 Å². The third-order valence-corrected chi connectivity index (χ3v) is 3.31. The third kappa shape index (κ3) is 2.19. The van der Waals surface area contributed by atoms with Crippen LogP contribution < -0.4 is 10.1 Å². The van der Waals surface area contributed by atoms with Gasteiger partial charge < -0.3 is 10.1 Å². The van der Waals surface area contributed by atoms with Gasteiger partial charge in [0.25, 0.3) is 0 Å². The molecule has 1 aromatic carbocycles. The van der Waals surface area contributed by atoms with Crippen LogP contribution in [0.5, 0.6) is 5.75 Å². The van der Waals surface area contributed by atoms with E-state index in [0.29, 0.717) is 24.7 Å². The smallest absolute Gasteiger partial charge is 0.186 e. The molecule has 20 heavy (non-hydrogen) atoms. The molecule has 5 heteroatoms. The minimum absolute atomic E-state index is 0.256. The summed E-state index contributed by atoms with van der Waals surface area (Å²) >= 11 is 0. The first-order valence-corrected chi connectivity index (χ1v) is 6.73. The minimum atomic E-state index is -0.389. The summed E-state index contributed by atoms with van der Waals surface area (Å²) in [7, 11) is 0. The molecule has 0 saturated carbocycles. The van der Waals surface area contributed by atoms with Gasteiger partial charge in [0.05, 0.1) is 12.3 Å². The van der Waals surface area contributed by atoms with Gasteiger partial charge in [0.1, 0.15) is 5.75 Å². The van der Waals surface area contributed by atoms with Gasteiger partial charge in [-0.1, -0.05) is 0 Å². The normalized spacial score (nSPS) is 12.9. The number of aryl methyl sites for hydroxylation is 1. The molecule has 1 aliphatic heterocycles. The number of rotatable bonds is 3. The lowest BCUT2D eigenvalue weighted by molar-refractivity contribution is 0.357. The SMILES string of the molecule is CCNc1nc(-c2ccc3c(c2)CCO3)nc(C)c1F. The van der Waals surface area contributed by atoms with Gasteiger partial charge in [0, 0.05) is 18.5 Å². The number of nitrogens with zero attached hydrogens (tertiary/aromatic N) is 2.